The lowest BCUT2D eigenvalue weighted by molar-refractivity contribution is 0.304. The first-order valence-electron chi connectivity index (χ1n) is 6.71. The van der Waals surface area contributed by atoms with E-state index < -0.39 is 0 Å². The van der Waals surface area contributed by atoms with Crippen molar-refractivity contribution in [2.24, 2.45) is 0 Å². The minimum absolute atomic E-state index is 0.469. The zero-order valence-corrected chi connectivity index (χ0v) is 13.2. The third-order valence-corrected chi connectivity index (χ3v) is 3.91. The minimum atomic E-state index is 0.469. The number of nitrogens with zero attached hydrogens (tertiary/aromatic N) is 1. The summed E-state index contributed by atoms with van der Waals surface area (Å²) in [5.41, 5.74) is 2.01. The van der Waals surface area contributed by atoms with Gasteiger partial charge in [-0.05, 0) is 40.2 Å². The first-order valence-corrected chi connectivity index (χ1v) is 7.51. The molecule has 1 N–H and O–H groups in total. The third kappa shape index (κ3) is 3.00. The molecule has 0 bridgehead atoms. The number of aromatic nitrogens is 1. The van der Waals surface area contributed by atoms with E-state index in [0.29, 0.717) is 6.61 Å². The second-order valence-electron chi connectivity index (χ2n) is 4.66. The van der Waals surface area contributed by atoms with Gasteiger partial charge >= 0.3 is 0 Å². The fourth-order valence-electron chi connectivity index (χ4n) is 2.20. The van der Waals surface area contributed by atoms with Crippen LogP contribution in [0.1, 0.15) is 5.56 Å². The van der Waals surface area contributed by atoms with Gasteiger partial charge in [0.25, 0.3) is 0 Å². The average molecular weight is 343 g/mol. The van der Waals surface area contributed by atoms with Crippen molar-refractivity contribution in [3.05, 3.63) is 64.6 Å². The van der Waals surface area contributed by atoms with Crippen molar-refractivity contribution in [1.29, 1.82) is 0 Å². The third-order valence-electron chi connectivity index (χ3n) is 3.26. The highest BCUT2D eigenvalue weighted by Crippen LogP contribution is 2.26. The zero-order valence-electron chi connectivity index (χ0n) is 11.6. The summed E-state index contributed by atoms with van der Waals surface area (Å²) in [6.45, 7) is 0.469. The predicted octanol–water partition coefficient (Wildman–Crippen LogP) is 4.62. The number of hydrogen-bond donors (Lipinski definition) is 1. The first-order chi connectivity index (χ1) is 10.3. The summed E-state index contributed by atoms with van der Waals surface area (Å²) in [6.07, 6.45) is 0. The van der Waals surface area contributed by atoms with Crippen LogP contribution in [0.15, 0.2) is 59.1 Å². The molecule has 0 atom stereocenters. The number of rotatable bonds is 4. The maximum atomic E-state index is 5.89. The van der Waals surface area contributed by atoms with Gasteiger partial charge in [-0.2, -0.15) is 0 Å². The van der Waals surface area contributed by atoms with E-state index in [4.69, 9.17) is 4.74 Å². The number of anilines is 1. The quantitative estimate of drug-likeness (QED) is 0.751. The largest absolute Gasteiger partial charge is 0.488 e. The fraction of sp³-hybridized carbons (Fsp3) is 0.118. The normalized spacial score (nSPS) is 10.6. The lowest BCUT2D eigenvalue weighted by atomic mass is 10.1. The Hall–Kier alpha value is -2.07. The SMILES string of the molecule is CNc1nc2ccccc2cc1COc1ccccc1Br. The summed E-state index contributed by atoms with van der Waals surface area (Å²) in [6, 6.07) is 18.0. The van der Waals surface area contributed by atoms with Crippen molar-refractivity contribution < 1.29 is 4.74 Å². The Balaban J connectivity index is 1.91. The van der Waals surface area contributed by atoms with E-state index in [-0.39, 0.29) is 0 Å². The van der Waals surface area contributed by atoms with Crippen LogP contribution in [0.2, 0.25) is 0 Å². The molecule has 0 spiro atoms. The Labute approximate surface area is 132 Å². The van der Waals surface area contributed by atoms with Crippen molar-refractivity contribution in [1.82, 2.24) is 4.98 Å². The van der Waals surface area contributed by atoms with Crippen LogP contribution in [0.5, 0.6) is 5.75 Å². The molecule has 3 rings (SSSR count). The molecule has 1 heterocycles. The van der Waals surface area contributed by atoms with E-state index in [9.17, 15) is 0 Å². The molecule has 0 radical (unpaired) electrons. The summed E-state index contributed by atoms with van der Waals surface area (Å²) in [4.78, 5) is 4.63. The number of para-hydroxylation sites is 2. The Morgan fingerprint density at radius 1 is 1.10 bits per heavy atom. The van der Waals surface area contributed by atoms with Crippen molar-refractivity contribution >= 4 is 32.7 Å². The van der Waals surface area contributed by atoms with Gasteiger partial charge in [-0.3, -0.25) is 0 Å². The highest BCUT2D eigenvalue weighted by molar-refractivity contribution is 9.10. The Morgan fingerprint density at radius 3 is 2.67 bits per heavy atom. The number of pyridine rings is 1. The summed E-state index contributed by atoms with van der Waals surface area (Å²) in [7, 11) is 1.87. The number of benzene rings is 2. The van der Waals surface area contributed by atoms with Crippen LogP contribution in [0.25, 0.3) is 10.9 Å². The fourth-order valence-corrected chi connectivity index (χ4v) is 2.60. The molecule has 1 aromatic heterocycles. The second kappa shape index (κ2) is 6.14. The van der Waals surface area contributed by atoms with Gasteiger partial charge in [0.05, 0.1) is 9.99 Å². The topological polar surface area (TPSA) is 34.2 Å². The Kier molecular flexibility index (Phi) is 4.06. The standard InChI is InChI=1S/C17H15BrN2O/c1-19-17-13(10-12-6-2-4-8-15(12)20-17)11-21-16-9-5-3-7-14(16)18/h2-10H,11H2,1H3,(H,19,20). The van der Waals surface area contributed by atoms with Crippen LogP contribution in [0.4, 0.5) is 5.82 Å². The molecule has 3 aromatic rings. The summed E-state index contributed by atoms with van der Waals surface area (Å²) < 4.78 is 6.84. The van der Waals surface area contributed by atoms with Gasteiger partial charge in [-0.25, -0.2) is 4.98 Å². The van der Waals surface area contributed by atoms with E-state index in [1.807, 2.05) is 49.5 Å². The maximum Gasteiger partial charge on any atom is 0.133 e. The van der Waals surface area contributed by atoms with Gasteiger partial charge in [0, 0.05) is 18.0 Å². The zero-order chi connectivity index (χ0) is 14.7. The molecule has 0 saturated carbocycles. The maximum absolute atomic E-state index is 5.89. The average Bonchev–Trinajstić information content (AvgIpc) is 2.53. The van der Waals surface area contributed by atoms with Crippen molar-refractivity contribution in [3.8, 4) is 5.75 Å². The highest BCUT2D eigenvalue weighted by Gasteiger charge is 2.07. The molecule has 0 aliphatic carbocycles. The Bertz CT molecular complexity index is 774. The van der Waals surface area contributed by atoms with Crippen molar-refractivity contribution in [2.75, 3.05) is 12.4 Å². The van der Waals surface area contributed by atoms with Gasteiger partial charge < -0.3 is 10.1 Å². The van der Waals surface area contributed by atoms with Crippen LogP contribution >= 0.6 is 15.9 Å². The highest BCUT2D eigenvalue weighted by atomic mass is 79.9. The molecule has 4 heteroatoms. The van der Waals surface area contributed by atoms with Crippen molar-refractivity contribution in [2.45, 2.75) is 6.61 Å². The number of fused-ring (bicyclic) bond motifs is 1. The molecule has 3 nitrogen and oxygen atoms in total. The number of halogens is 1. The lowest BCUT2D eigenvalue weighted by Gasteiger charge is -2.12. The summed E-state index contributed by atoms with van der Waals surface area (Å²) in [5, 5.41) is 4.25. The predicted molar refractivity (Wildman–Crippen MR) is 89.8 cm³/mol. The van der Waals surface area contributed by atoms with E-state index in [2.05, 4.69) is 38.4 Å². The lowest BCUT2D eigenvalue weighted by Crippen LogP contribution is -2.03. The minimum Gasteiger partial charge on any atom is -0.488 e. The molecule has 0 amide bonds. The van der Waals surface area contributed by atoms with E-state index in [1.54, 1.807) is 0 Å². The van der Waals surface area contributed by atoms with E-state index in [0.717, 1.165) is 32.5 Å². The van der Waals surface area contributed by atoms with Crippen LogP contribution in [0.3, 0.4) is 0 Å². The van der Waals surface area contributed by atoms with Crippen LogP contribution in [-0.4, -0.2) is 12.0 Å². The van der Waals surface area contributed by atoms with Crippen LogP contribution < -0.4 is 10.1 Å². The second-order valence-corrected chi connectivity index (χ2v) is 5.51. The van der Waals surface area contributed by atoms with Crippen LogP contribution in [-0.2, 0) is 6.61 Å². The molecular weight excluding hydrogens is 328 g/mol. The van der Waals surface area contributed by atoms with Gasteiger partial charge in [0.1, 0.15) is 18.2 Å². The monoisotopic (exact) mass is 342 g/mol. The summed E-state index contributed by atoms with van der Waals surface area (Å²) in [5.74, 6) is 1.67. The van der Waals surface area contributed by atoms with Crippen molar-refractivity contribution in [3.63, 3.8) is 0 Å². The molecule has 0 aliphatic rings. The Morgan fingerprint density at radius 2 is 1.86 bits per heavy atom. The molecule has 0 saturated heterocycles. The molecule has 106 valence electrons. The number of nitrogens with one attached hydrogen (secondary N) is 1. The van der Waals surface area contributed by atoms with E-state index >= 15 is 0 Å². The molecule has 0 unspecified atom stereocenters. The molecule has 0 aliphatic heterocycles. The number of hydrogen-bond acceptors (Lipinski definition) is 3. The molecule has 21 heavy (non-hydrogen) atoms. The molecular formula is C17H15BrN2O. The van der Waals surface area contributed by atoms with Gasteiger partial charge in [-0.15, -0.1) is 0 Å². The molecule has 0 fully saturated rings. The smallest absolute Gasteiger partial charge is 0.133 e. The van der Waals surface area contributed by atoms with Gasteiger partial charge in [0.2, 0.25) is 0 Å². The van der Waals surface area contributed by atoms with Gasteiger partial charge in [-0.1, -0.05) is 30.3 Å². The van der Waals surface area contributed by atoms with Crippen LogP contribution in [0, 0.1) is 0 Å². The number of ether oxygens (including phenoxy) is 1. The van der Waals surface area contributed by atoms with Gasteiger partial charge in [0.15, 0.2) is 0 Å². The van der Waals surface area contributed by atoms with E-state index in [1.165, 1.54) is 0 Å². The first kappa shape index (κ1) is 13.9. The summed E-state index contributed by atoms with van der Waals surface area (Å²) >= 11 is 3.49. The molecule has 2 aromatic carbocycles.